The summed E-state index contributed by atoms with van der Waals surface area (Å²) in [5, 5.41) is 3.21. The van der Waals surface area contributed by atoms with Crippen LogP contribution in [0.25, 0.3) is 0 Å². The van der Waals surface area contributed by atoms with Crippen molar-refractivity contribution < 1.29 is 13.2 Å². The Kier molecular flexibility index (Phi) is 4.28. The zero-order valence-electron chi connectivity index (χ0n) is 12.8. The van der Waals surface area contributed by atoms with E-state index in [1.54, 1.807) is 6.92 Å². The molecule has 1 aliphatic heterocycles. The van der Waals surface area contributed by atoms with Crippen LogP contribution in [0.4, 0.5) is 0 Å². The van der Waals surface area contributed by atoms with Crippen LogP contribution in [0.15, 0.2) is 0 Å². The largest absolute Gasteiger partial charge is 0.353 e. The number of hydrogen-bond donors (Lipinski definition) is 1. The van der Waals surface area contributed by atoms with Gasteiger partial charge in [-0.1, -0.05) is 6.42 Å². The molecule has 3 aliphatic rings. The lowest BCUT2D eigenvalue weighted by Crippen LogP contribution is -2.48. The van der Waals surface area contributed by atoms with E-state index in [1.807, 2.05) is 0 Å². The monoisotopic (exact) mass is 314 g/mol. The van der Waals surface area contributed by atoms with Crippen molar-refractivity contribution in [2.24, 2.45) is 17.8 Å². The predicted molar refractivity (Wildman–Crippen MR) is 81.1 cm³/mol. The van der Waals surface area contributed by atoms with Gasteiger partial charge in [-0.05, 0) is 50.9 Å². The number of sulfonamides is 1. The Bertz CT molecular complexity index is 505. The molecular formula is C15H26N2O3S. The summed E-state index contributed by atoms with van der Waals surface area (Å²) in [6.45, 7) is 2.59. The summed E-state index contributed by atoms with van der Waals surface area (Å²) < 4.78 is 25.4. The highest BCUT2D eigenvalue weighted by atomic mass is 32.2. The highest BCUT2D eigenvalue weighted by Crippen LogP contribution is 2.44. The van der Waals surface area contributed by atoms with Gasteiger partial charge in [-0.15, -0.1) is 0 Å². The minimum Gasteiger partial charge on any atom is -0.353 e. The fraction of sp³-hybridized carbons (Fsp3) is 0.933. The lowest BCUT2D eigenvalue weighted by atomic mass is 9.93. The van der Waals surface area contributed by atoms with Crippen LogP contribution in [-0.2, 0) is 14.8 Å². The molecular weight excluding hydrogens is 288 g/mol. The number of carbonyl (C=O) groups is 1. The molecule has 120 valence electrons. The van der Waals surface area contributed by atoms with Gasteiger partial charge < -0.3 is 5.32 Å². The van der Waals surface area contributed by atoms with Gasteiger partial charge in [-0.3, -0.25) is 4.79 Å². The summed E-state index contributed by atoms with van der Waals surface area (Å²) in [6, 6.07) is 0.342. The van der Waals surface area contributed by atoms with E-state index >= 15 is 0 Å². The molecule has 0 radical (unpaired) electrons. The van der Waals surface area contributed by atoms with Gasteiger partial charge in [-0.25, -0.2) is 12.7 Å². The van der Waals surface area contributed by atoms with Gasteiger partial charge >= 0.3 is 0 Å². The lowest BCUT2D eigenvalue weighted by Gasteiger charge is -2.32. The van der Waals surface area contributed by atoms with Crippen molar-refractivity contribution in [3.8, 4) is 0 Å². The van der Waals surface area contributed by atoms with E-state index in [4.69, 9.17) is 0 Å². The van der Waals surface area contributed by atoms with Crippen molar-refractivity contribution in [2.75, 3.05) is 18.8 Å². The van der Waals surface area contributed by atoms with Gasteiger partial charge in [-0.2, -0.15) is 0 Å². The van der Waals surface area contributed by atoms with E-state index in [9.17, 15) is 13.2 Å². The SMILES string of the molecule is CCS(=O)(=O)N1CCC[C@@H](C(=O)N[C@@H]2C[C@H]3CC[C@H]2C3)C1. The molecule has 0 unspecified atom stereocenters. The summed E-state index contributed by atoms with van der Waals surface area (Å²) in [4.78, 5) is 12.5. The molecule has 6 heteroatoms. The minimum atomic E-state index is -3.17. The third kappa shape index (κ3) is 3.11. The maximum absolute atomic E-state index is 12.5. The molecule has 3 fully saturated rings. The second-order valence-corrected chi connectivity index (χ2v) is 9.15. The number of hydrogen-bond acceptors (Lipinski definition) is 3. The Morgan fingerprint density at radius 1 is 1.24 bits per heavy atom. The van der Waals surface area contributed by atoms with Gasteiger partial charge in [0.25, 0.3) is 0 Å². The zero-order chi connectivity index (χ0) is 15.0. The third-order valence-electron chi connectivity index (χ3n) is 5.58. The number of carbonyl (C=O) groups excluding carboxylic acids is 1. The highest BCUT2D eigenvalue weighted by molar-refractivity contribution is 7.89. The molecule has 2 aliphatic carbocycles. The first-order valence-corrected chi connectivity index (χ1v) is 9.88. The highest BCUT2D eigenvalue weighted by Gasteiger charge is 2.41. The number of fused-ring (bicyclic) bond motifs is 2. The van der Waals surface area contributed by atoms with Gasteiger partial charge in [0.15, 0.2) is 0 Å². The Labute approximate surface area is 127 Å². The Morgan fingerprint density at radius 3 is 2.67 bits per heavy atom. The molecule has 5 nitrogen and oxygen atoms in total. The third-order valence-corrected chi connectivity index (χ3v) is 7.43. The Balaban J connectivity index is 1.57. The van der Waals surface area contributed by atoms with Crippen LogP contribution in [0.5, 0.6) is 0 Å². The van der Waals surface area contributed by atoms with E-state index in [0.717, 1.165) is 25.2 Å². The number of amides is 1. The van der Waals surface area contributed by atoms with Crippen molar-refractivity contribution in [3.05, 3.63) is 0 Å². The van der Waals surface area contributed by atoms with Crippen LogP contribution in [0.1, 0.15) is 45.4 Å². The summed E-state index contributed by atoms with van der Waals surface area (Å²) in [5.74, 6) is 1.50. The first-order valence-electron chi connectivity index (χ1n) is 8.27. The van der Waals surface area contributed by atoms with Crippen molar-refractivity contribution in [1.29, 1.82) is 0 Å². The summed E-state index contributed by atoms with van der Waals surface area (Å²) in [7, 11) is -3.17. The van der Waals surface area contributed by atoms with E-state index < -0.39 is 10.0 Å². The number of nitrogens with zero attached hydrogens (tertiary/aromatic N) is 1. The van der Waals surface area contributed by atoms with Crippen molar-refractivity contribution >= 4 is 15.9 Å². The zero-order valence-corrected chi connectivity index (χ0v) is 13.6. The summed E-state index contributed by atoms with van der Waals surface area (Å²) in [6.07, 6.45) is 6.56. The Hall–Kier alpha value is -0.620. The Morgan fingerprint density at radius 2 is 2.05 bits per heavy atom. The first-order chi connectivity index (χ1) is 9.99. The van der Waals surface area contributed by atoms with Crippen LogP contribution in [0.3, 0.4) is 0 Å². The average Bonchev–Trinajstić information content (AvgIpc) is 3.10. The van der Waals surface area contributed by atoms with Crippen molar-refractivity contribution in [1.82, 2.24) is 9.62 Å². The van der Waals surface area contributed by atoms with Gasteiger partial charge in [0.2, 0.25) is 15.9 Å². The number of nitrogens with one attached hydrogen (secondary N) is 1. The van der Waals surface area contributed by atoms with Crippen LogP contribution < -0.4 is 5.32 Å². The van der Waals surface area contributed by atoms with Crippen LogP contribution >= 0.6 is 0 Å². The molecule has 0 aromatic heterocycles. The van der Waals surface area contributed by atoms with E-state index in [1.165, 1.54) is 23.6 Å². The first kappa shape index (κ1) is 15.3. The smallest absolute Gasteiger partial charge is 0.224 e. The minimum absolute atomic E-state index is 0.0727. The predicted octanol–water partition coefficient (Wildman–Crippen LogP) is 1.35. The second kappa shape index (κ2) is 5.88. The van der Waals surface area contributed by atoms with Gasteiger partial charge in [0.05, 0.1) is 11.7 Å². The summed E-state index contributed by atoms with van der Waals surface area (Å²) >= 11 is 0. The molecule has 4 atom stereocenters. The topological polar surface area (TPSA) is 66.5 Å². The van der Waals surface area contributed by atoms with E-state index in [0.29, 0.717) is 25.0 Å². The molecule has 1 heterocycles. The molecule has 21 heavy (non-hydrogen) atoms. The normalized spacial score (nSPS) is 36.8. The van der Waals surface area contributed by atoms with E-state index in [2.05, 4.69) is 5.32 Å². The fourth-order valence-electron chi connectivity index (χ4n) is 4.31. The van der Waals surface area contributed by atoms with Crippen LogP contribution in [0.2, 0.25) is 0 Å². The molecule has 0 aromatic carbocycles. The maximum atomic E-state index is 12.5. The molecule has 2 bridgehead atoms. The molecule has 3 rings (SSSR count). The summed E-state index contributed by atoms with van der Waals surface area (Å²) in [5.41, 5.74) is 0. The van der Waals surface area contributed by atoms with Crippen molar-refractivity contribution in [3.63, 3.8) is 0 Å². The maximum Gasteiger partial charge on any atom is 0.224 e. The van der Waals surface area contributed by atoms with Crippen molar-refractivity contribution in [2.45, 2.75) is 51.5 Å². The van der Waals surface area contributed by atoms with Gasteiger partial charge in [0, 0.05) is 19.1 Å². The molecule has 0 spiro atoms. The quantitative estimate of drug-likeness (QED) is 0.852. The standard InChI is InChI=1S/C15H26N2O3S/c1-2-21(19,20)17-7-3-4-13(10-17)15(18)16-14-9-11-5-6-12(14)8-11/h11-14H,2-10H2,1H3,(H,16,18)/t11-,12-,13+,14+/m0/s1. The molecule has 1 saturated heterocycles. The molecule has 1 amide bonds. The van der Waals surface area contributed by atoms with Crippen LogP contribution in [-0.4, -0.2) is 43.5 Å². The molecule has 0 aromatic rings. The molecule has 2 saturated carbocycles. The molecule has 1 N–H and O–H groups in total. The average molecular weight is 314 g/mol. The van der Waals surface area contributed by atoms with E-state index in [-0.39, 0.29) is 17.6 Å². The lowest BCUT2D eigenvalue weighted by molar-refractivity contribution is -0.127. The number of rotatable bonds is 4. The fourth-order valence-corrected chi connectivity index (χ4v) is 5.49. The van der Waals surface area contributed by atoms with Gasteiger partial charge in [0.1, 0.15) is 0 Å². The second-order valence-electron chi connectivity index (χ2n) is 6.89. The van der Waals surface area contributed by atoms with Crippen LogP contribution in [0, 0.1) is 17.8 Å². The number of piperidine rings is 1.